The predicted octanol–water partition coefficient (Wildman–Crippen LogP) is 2.44. The highest BCUT2D eigenvalue weighted by Gasteiger charge is 2.35. The molecule has 1 fully saturated rings. The van der Waals surface area contributed by atoms with Crippen LogP contribution in [0.4, 0.5) is 0 Å². The number of rotatable bonds is 5. The largest absolute Gasteiger partial charge is 0.496 e. The molecular weight excluding hydrogens is 324 g/mol. The molecule has 24 heavy (non-hydrogen) atoms. The molecule has 1 heterocycles. The normalized spacial score (nSPS) is 17.7. The fraction of sp³-hybridized carbons (Fsp3) is 0.556. The van der Waals surface area contributed by atoms with E-state index >= 15 is 0 Å². The lowest BCUT2D eigenvalue weighted by Gasteiger charge is -2.27. The molecule has 0 aliphatic carbocycles. The van der Waals surface area contributed by atoms with Crippen molar-refractivity contribution in [2.24, 2.45) is 0 Å². The predicted molar refractivity (Wildman–Crippen MR) is 97.2 cm³/mol. The Morgan fingerprint density at radius 1 is 1.33 bits per heavy atom. The summed E-state index contributed by atoms with van der Waals surface area (Å²) in [5, 5.41) is 2.97. The van der Waals surface area contributed by atoms with Crippen molar-refractivity contribution in [1.29, 1.82) is 0 Å². The number of carbonyl (C=O) groups is 2. The first-order chi connectivity index (χ1) is 11.3. The number of methoxy groups -OCH3 is 1. The molecule has 6 heteroatoms. The van der Waals surface area contributed by atoms with Crippen molar-refractivity contribution in [3.8, 4) is 5.75 Å². The Kier molecular flexibility index (Phi) is 6.15. The zero-order valence-corrected chi connectivity index (χ0v) is 15.6. The number of amides is 2. The van der Waals surface area contributed by atoms with Crippen LogP contribution in [0.25, 0.3) is 0 Å². The van der Waals surface area contributed by atoms with Gasteiger partial charge >= 0.3 is 0 Å². The number of para-hydroxylation sites is 1. The molecule has 1 aromatic rings. The maximum atomic E-state index is 12.6. The number of hydrogen-bond donors (Lipinski definition) is 1. The van der Waals surface area contributed by atoms with Crippen molar-refractivity contribution < 1.29 is 14.3 Å². The number of nitrogens with one attached hydrogen (secondary N) is 1. The molecule has 2 amide bonds. The molecule has 1 N–H and O–H groups in total. The van der Waals surface area contributed by atoms with E-state index < -0.39 is 0 Å². The molecule has 0 spiro atoms. The molecule has 0 saturated carbocycles. The van der Waals surface area contributed by atoms with E-state index in [1.807, 2.05) is 45.0 Å². The topological polar surface area (TPSA) is 58.6 Å². The van der Waals surface area contributed by atoms with Gasteiger partial charge in [0.1, 0.15) is 11.8 Å². The summed E-state index contributed by atoms with van der Waals surface area (Å²) >= 11 is 1.62. The maximum absolute atomic E-state index is 12.6. The van der Waals surface area contributed by atoms with Crippen LogP contribution in [0.3, 0.4) is 0 Å². The van der Waals surface area contributed by atoms with Crippen LogP contribution in [0.5, 0.6) is 5.75 Å². The summed E-state index contributed by atoms with van der Waals surface area (Å²) in [6.07, 6.45) is 0.984. The number of benzene rings is 1. The summed E-state index contributed by atoms with van der Waals surface area (Å²) in [6, 6.07) is 7.33. The van der Waals surface area contributed by atoms with Crippen molar-refractivity contribution in [2.45, 2.75) is 45.2 Å². The van der Waals surface area contributed by atoms with Crippen LogP contribution in [0.1, 0.15) is 32.8 Å². The highest BCUT2D eigenvalue weighted by Crippen LogP contribution is 2.24. The molecule has 132 valence electrons. The minimum atomic E-state index is -0.376. The van der Waals surface area contributed by atoms with Gasteiger partial charge in [-0.2, -0.15) is 0 Å². The monoisotopic (exact) mass is 350 g/mol. The van der Waals surface area contributed by atoms with Gasteiger partial charge in [0.05, 0.1) is 13.0 Å². The van der Waals surface area contributed by atoms with E-state index in [9.17, 15) is 9.59 Å². The summed E-state index contributed by atoms with van der Waals surface area (Å²) in [5.41, 5.74) is 0.715. The highest BCUT2D eigenvalue weighted by atomic mass is 32.2. The van der Waals surface area contributed by atoms with E-state index in [0.717, 1.165) is 11.3 Å². The second-order valence-electron chi connectivity index (χ2n) is 6.93. The molecule has 5 nitrogen and oxygen atoms in total. The summed E-state index contributed by atoms with van der Waals surface area (Å²) in [5.74, 6) is 1.97. The molecule has 0 aromatic heterocycles. The number of ether oxygens (including phenoxy) is 1. The van der Waals surface area contributed by atoms with Crippen molar-refractivity contribution in [3.63, 3.8) is 0 Å². The van der Waals surface area contributed by atoms with E-state index in [1.54, 1.807) is 23.8 Å². The average molecular weight is 350 g/mol. The van der Waals surface area contributed by atoms with Crippen LogP contribution >= 0.6 is 11.8 Å². The van der Waals surface area contributed by atoms with Crippen molar-refractivity contribution in [1.82, 2.24) is 10.2 Å². The van der Waals surface area contributed by atoms with Crippen molar-refractivity contribution >= 4 is 23.6 Å². The Hall–Kier alpha value is -1.69. The average Bonchev–Trinajstić information content (AvgIpc) is 3.01. The standard InChI is InChI=1S/C18H26N2O3S/c1-18(2,3)19-17(22)14-11-24-12-20(14)16(21)10-9-13-7-5-6-8-15(13)23-4/h5-8,14H,9-12H2,1-4H3,(H,19,22). The molecule has 1 unspecified atom stereocenters. The first kappa shape index (κ1) is 18.6. The molecule has 0 bridgehead atoms. The van der Waals surface area contributed by atoms with Crippen LogP contribution in [0, 0.1) is 0 Å². The van der Waals surface area contributed by atoms with Crippen LogP contribution in [0.15, 0.2) is 24.3 Å². The number of carbonyl (C=O) groups excluding carboxylic acids is 2. The molecule has 0 radical (unpaired) electrons. The van der Waals surface area contributed by atoms with Gasteiger partial charge in [-0.25, -0.2) is 0 Å². The minimum absolute atomic E-state index is 0.0139. The zero-order valence-electron chi connectivity index (χ0n) is 14.8. The second-order valence-corrected chi connectivity index (χ2v) is 7.93. The minimum Gasteiger partial charge on any atom is -0.496 e. The lowest BCUT2D eigenvalue weighted by atomic mass is 10.1. The first-order valence-electron chi connectivity index (χ1n) is 8.13. The lowest BCUT2D eigenvalue weighted by molar-refractivity contribution is -0.138. The van der Waals surface area contributed by atoms with E-state index in [4.69, 9.17) is 4.74 Å². The first-order valence-corrected chi connectivity index (χ1v) is 9.28. The van der Waals surface area contributed by atoms with Gasteiger partial charge in [-0.3, -0.25) is 9.59 Å². The third-order valence-electron chi connectivity index (χ3n) is 3.80. The molecule has 1 aromatic carbocycles. The van der Waals surface area contributed by atoms with Crippen LogP contribution < -0.4 is 10.1 Å². The zero-order chi connectivity index (χ0) is 17.7. The lowest BCUT2D eigenvalue weighted by Crippen LogP contribution is -2.52. The van der Waals surface area contributed by atoms with Gasteiger partial charge in [-0.1, -0.05) is 18.2 Å². The summed E-state index contributed by atoms with van der Waals surface area (Å²) in [6.45, 7) is 5.84. The molecule has 1 saturated heterocycles. The SMILES string of the molecule is COc1ccccc1CCC(=O)N1CSCC1C(=O)NC(C)(C)C. The van der Waals surface area contributed by atoms with Gasteiger partial charge in [0.15, 0.2) is 0 Å². The van der Waals surface area contributed by atoms with Crippen molar-refractivity contribution in [2.75, 3.05) is 18.7 Å². The fourth-order valence-corrected chi connectivity index (χ4v) is 3.83. The van der Waals surface area contributed by atoms with Gasteiger partial charge in [-0.15, -0.1) is 11.8 Å². The van der Waals surface area contributed by atoms with E-state index in [0.29, 0.717) is 24.5 Å². The number of nitrogens with zero attached hydrogens (tertiary/aromatic N) is 1. The summed E-state index contributed by atoms with van der Waals surface area (Å²) < 4.78 is 5.32. The quantitative estimate of drug-likeness (QED) is 0.886. The second kappa shape index (κ2) is 7.92. The van der Waals surface area contributed by atoms with E-state index in [2.05, 4.69) is 5.32 Å². The molecular formula is C18H26N2O3S. The Morgan fingerprint density at radius 3 is 2.71 bits per heavy atom. The molecule has 1 atom stereocenters. The van der Waals surface area contributed by atoms with Gasteiger partial charge in [0.2, 0.25) is 11.8 Å². The molecule has 1 aliphatic rings. The Labute approximate surface area is 148 Å². The van der Waals surface area contributed by atoms with Crippen LogP contribution in [-0.4, -0.2) is 47.0 Å². The summed E-state index contributed by atoms with van der Waals surface area (Å²) in [7, 11) is 1.63. The number of thioether (sulfide) groups is 1. The molecule has 2 rings (SSSR count). The summed E-state index contributed by atoms with van der Waals surface area (Å²) in [4.78, 5) is 26.7. The third-order valence-corrected chi connectivity index (χ3v) is 4.82. The van der Waals surface area contributed by atoms with E-state index in [-0.39, 0.29) is 23.4 Å². The van der Waals surface area contributed by atoms with Crippen LogP contribution in [-0.2, 0) is 16.0 Å². The van der Waals surface area contributed by atoms with Gasteiger partial charge in [0, 0.05) is 17.7 Å². The van der Waals surface area contributed by atoms with Crippen LogP contribution in [0.2, 0.25) is 0 Å². The Balaban J connectivity index is 1.97. The number of hydrogen-bond acceptors (Lipinski definition) is 4. The smallest absolute Gasteiger partial charge is 0.244 e. The Bertz CT molecular complexity index is 598. The third kappa shape index (κ3) is 4.90. The van der Waals surface area contributed by atoms with Gasteiger partial charge in [-0.05, 0) is 38.8 Å². The van der Waals surface area contributed by atoms with E-state index in [1.165, 1.54) is 0 Å². The highest BCUT2D eigenvalue weighted by molar-refractivity contribution is 7.99. The van der Waals surface area contributed by atoms with Gasteiger partial charge < -0.3 is 15.0 Å². The Morgan fingerprint density at radius 2 is 2.04 bits per heavy atom. The maximum Gasteiger partial charge on any atom is 0.244 e. The van der Waals surface area contributed by atoms with Crippen molar-refractivity contribution in [3.05, 3.63) is 29.8 Å². The fourth-order valence-electron chi connectivity index (χ4n) is 2.65. The molecule has 1 aliphatic heterocycles. The van der Waals surface area contributed by atoms with Gasteiger partial charge in [0.25, 0.3) is 0 Å². The number of aryl methyl sites for hydroxylation is 1.